The normalized spacial score (nSPS) is 17.2. The fraction of sp³-hybridized carbons (Fsp3) is 0.522. The number of aryl methyl sites for hydroxylation is 1. The second-order valence-electron chi connectivity index (χ2n) is 9.68. The summed E-state index contributed by atoms with van der Waals surface area (Å²) in [5, 5.41) is 19.9. The number of amides is 1. The fourth-order valence-corrected chi connectivity index (χ4v) is 4.36. The van der Waals surface area contributed by atoms with Gasteiger partial charge in [-0.05, 0) is 24.3 Å². The van der Waals surface area contributed by atoms with Gasteiger partial charge in [-0.15, -0.1) is 5.10 Å². The number of aliphatic hydroxyl groups is 1. The smallest absolute Gasteiger partial charge is 0.382 e. The third-order valence-electron chi connectivity index (χ3n) is 6.42. The maximum absolute atomic E-state index is 13.2. The van der Waals surface area contributed by atoms with E-state index in [9.17, 15) is 54.2 Å². The first-order chi connectivity index (χ1) is 20.3. The van der Waals surface area contributed by atoms with Gasteiger partial charge in [-0.25, -0.2) is 19.1 Å². The van der Waals surface area contributed by atoms with Crippen molar-refractivity contribution in [2.24, 2.45) is 0 Å². The maximum atomic E-state index is 13.2. The molecule has 2 atom stereocenters. The molecule has 2 aromatic heterocycles. The standard InChI is InChI=1S/C23H22ClF9N8O3/c24-13-3-1-12(2-4-13)17-37-41(20(44)39(17)10-15(42)23(31,32)33)11-16-35-18(40(36-16)7-5-21(25,26)27)19(43)38-8-6-34-14(9-38)22(28,29)30/h1-4,14-15,34,42H,5-11H2/t14?,15-/m0/s1. The number of nitrogens with one attached hydrogen (secondary N) is 1. The largest absolute Gasteiger partial charge is 0.416 e. The van der Waals surface area contributed by atoms with E-state index in [1.807, 2.05) is 0 Å². The van der Waals surface area contributed by atoms with E-state index in [1.54, 1.807) is 0 Å². The lowest BCUT2D eigenvalue weighted by molar-refractivity contribution is -0.207. The number of hydrogen-bond donors (Lipinski definition) is 2. The summed E-state index contributed by atoms with van der Waals surface area (Å²) >= 11 is 5.85. The monoisotopic (exact) mass is 664 g/mol. The number of hydrogen-bond acceptors (Lipinski definition) is 7. The van der Waals surface area contributed by atoms with Gasteiger partial charge in [0, 0.05) is 30.2 Å². The summed E-state index contributed by atoms with van der Waals surface area (Å²) in [5.41, 5.74) is -1.09. The molecule has 3 aromatic rings. The third kappa shape index (κ3) is 7.89. The highest BCUT2D eigenvalue weighted by molar-refractivity contribution is 6.30. The second kappa shape index (κ2) is 12.4. The number of alkyl halides is 9. The van der Waals surface area contributed by atoms with Crippen molar-refractivity contribution < 1.29 is 49.4 Å². The maximum Gasteiger partial charge on any atom is 0.416 e. The van der Waals surface area contributed by atoms with Crippen molar-refractivity contribution in [3.8, 4) is 11.4 Å². The van der Waals surface area contributed by atoms with Gasteiger partial charge in [0.1, 0.15) is 12.6 Å². The van der Waals surface area contributed by atoms with Crippen LogP contribution in [0.5, 0.6) is 0 Å². The summed E-state index contributed by atoms with van der Waals surface area (Å²) in [4.78, 5) is 30.9. The number of carbonyl (C=O) groups is 1. The van der Waals surface area contributed by atoms with E-state index in [1.165, 1.54) is 24.3 Å². The molecule has 21 heteroatoms. The Bertz CT molecular complexity index is 1530. The van der Waals surface area contributed by atoms with Crippen LogP contribution in [-0.2, 0) is 19.6 Å². The molecule has 1 aliphatic heterocycles. The lowest BCUT2D eigenvalue weighted by Crippen LogP contribution is -2.58. The Morgan fingerprint density at radius 2 is 1.70 bits per heavy atom. The van der Waals surface area contributed by atoms with Crippen LogP contribution in [0.25, 0.3) is 11.4 Å². The van der Waals surface area contributed by atoms with Gasteiger partial charge in [0.15, 0.2) is 17.8 Å². The molecule has 11 nitrogen and oxygen atoms in total. The van der Waals surface area contributed by atoms with Crippen LogP contribution in [0.15, 0.2) is 29.1 Å². The van der Waals surface area contributed by atoms with Crippen LogP contribution in [0.4, 0.5) is 39.5 Å². The molecule has 3 heterocycles. The van der Waals surface area contributed by atoms with Crippen molar-refractivity contribution >= 4 is 17.5 Å². The Kier molecular flexibility index (Phi) is 9.36. The molecule has 242 valence electrons. The van der Waals surface area contributed by atoms with Gasteiger partial charge in [-0.2, -0.15) is 44.6 Å². The summed E-state index contributed by atoms with van der Waals surface area (Å²) in [5.74, 6) is -2.73. The van der Waals surface area contributed by atoms with Crippen LogP contribution in [0.3, 0.4) is 0 Å². The van der Waals surface area contributed by atoms with Crippen molar-refractivity contribution in [1.82, 2.24) is 39.3 Å². The highest BCUT2D eigenvalue weighted by Gasteiger charge is 2.44. The zero-order chi connectivity index (χ0) is 32.6. The predicted molar refractivity (Wildman–Crippen MR) is 133 cm³/mol. The molecule has 1 aromatic carbocycles. The molecule has 1 fully saturated rings. The lowest BCUT2D eigenvalue weighted by atomic mass is 10.2. The summed E-state index contributed by atoms with van der Waals surface area (Å²) in [7, 11) is 0. The van der Waals surface area contributed by atoms with E-state index in [0.717, 1.165) is 4.90 Å². The Balaban J connectivity index is 1.70. The van der Waals surface area contributed by atoms with Gasteiger partial charge in [0.05, 0.1) is 19.5 Å². The van der Waals surface area contributed by atoms with E-state index in [2.05, 4.69) is 20.5 Å². The van der Waals surface area contributed by atoms with Gasteiger partial charge in [-0.1, -0.05) is 11.6 Å². The van der Waals surface area contributed by atoms with Gasteiger partial charge in [0.2, 0.25) is 5.82 Å². The van der Waals surface area contributed by atoms with E-state index < -0.39 is 86.5 Å². The number of halogens is 10. The average Bonchev–Trinajstić information content (AvgIpc) is 3.47. The zero-order valence-electron chi connectivity index (χ0n) is 22.1. The van der Waals surface area contributed by atoms with E-state index in [0.29, 0.717) is 13.9 Å². The Morgan fingerprint density at radius 3 is 2.30 bits per heavy atom. The van der Waals surface area contributed by atoms with Crippen LogP contribution in [0, 0.1) is 0 Å². The summed E-state index contributed by atoms with van der Waals surface area (Å²) in [6.07, 6.45) is -19.0. The minimum atomic E-state index is -5.11. The number of piperazine rings is 1. The molecule has 1 aliphatic rings. The van der Waals surface area contributed by atoms with E-state index in [-0.39, 0.29) is 29.5 Å². The minimum absolute atomic E-state index is 0.108. The molecule has 0 aliphatic carbocycles. The molecule has 0 radical (unpaired) electrons. The first-order valence-electron chi connectivity index (χ1n) is 12.6. The fourth-order valence-electron chi connectivity index (χ4n) is 4.23. The number of aliphatic hydroxyl groups excluding tert-OH is 1. The molecule has 0 saturated carbocycles. The SMILES string of the molecule is O=C(c1nc(Cn2nc(-c3ccc(Cl)cc3)n(C[C@H](O)C(F)(F)F)c2=O)nn1CCC(F)(F)F)N1CCNC(C(F)(F)F)C1. The van der Waals surface area contributed by atoms with Gasteiger partial charge < -0.3 is 15.3 Å². The van der Waals surface area contributed by atoms with Crippen molar-refractivity contribution in [3.63, 3.8) is 0 Å². The number of rotatable bonds is 8. The molecule has 0 spiro atoms. The summed E-state index contributed by atoms with van der Waals surface area (Å²) < 4.78 is 120. The first kappa shape index (κ1) is 33.2. The molecule has 4 rings (SSSR count). The Labute approximate surface area is 245 Å². The summed E-state index contributed by atoms with van der Waals surface area (Å²) in [6, 6.07) is 3.26. The van der Waals surface area contributed by atoms with Crippen LogP contribution >= 0.6 is 11.6 Å². The number of nitrogens with zero attached hydrogens (tertiary/aromatic N) is 7. The minimum Gasteiger partial charge on any atom is -0.382 e. The molecular weight excluding hydrogens is 643 g/mol. The predicted octanol–water partition coefficient (Wildman–Crippen LogP) is 2.86. The average molecular weight is 665 g/mol. The highest BCUT2D eigenvalue weighted by Crippen LogP contribution is 2.26. The van der Waals surface area contributed by atoms with Crippen molar-refractivity contribution in [3.05, 3.63) is 51.4 Å². The number of benzene rings is 1. The quantitative estimate of drug-likeness (QED) is 0.355. The van der Waals surface area contributed by atoms with Crippen molar-refractivity contribution in [2.45, 2.75) is 56.7 Å². The second-order valence-corrected chi connectivity index (χ2v) is 10.1. The van der Waals surface area contributed by atoms with Gasteiger partial charge >= 0.3 is 24.2 Å². The van der Waals surface area contributed by atoms with Crippen LogP contribution in [0.1, 0.15) is 22.9 Å². The van der Waals surface area contributed by atoms with Crippen molar-refractivity contribution in [1.29, 1.82) is 0 Å². The topological polar surface area (TPSA) is 123 Å². The van der Waals surface area contributed by atoms with Crippen molar-refractivity contribution in [2.75, 3.05) is 19.6 Å². The molecular formula is C23H22ClF9N8O3. The van der Waals surface area contributed by atoms with E-state index >= 15 is 0 Å². The summed E-state index contributed by atoms with van der Waals surface area (Å²) in [6.45, 7) is -4.36. The lowest BCUT2D eigenvalue weighted by Gasteiger charge is -2.34. The molecule has 1 unspecified atom stereocenters. The Morgan fingerprint density at radius 1 is 1.05 bits per heavy atom. The molecule has 0 bridgehead atoms. The molecule has 2 N–H and O–H groups in total. The first-order valence-corrected chi connectivity index (χ1v) is 13.0. The molecule has 1 amide bonds. The highest BCUT2D eigenvalue weighted by atomic mass is 35.5. The van der Waals surface area contributed by atoms with E-state index in [4.69, 9.17) is 11.6 Å². The van der Waals surface area contributed by atoms with Gasteiger partial charge in [0.25, 0.3) is 5.91 Å². The van der Waals surface area contributed by atoms with Crippen LogP contribution < -0.4 is 11.0 Å². The van der Waals surface area contributed by atoms with Crippen LogP contribution in [-0.4, -0.2) is 95.3 Å². The van der Waals surface area contributed by atoms with Gasteiger partial charge in [-0.3, -0.25) is 9.36 Å². The number of carbonyl (C=O) groups excluding carboxylic acids is 1. The van der Waals surface area contributed by atoms with Crippen LogP contribution in [0.2, 0.25) is 5.02 Å². The zero-order valence-corrected chi connectivity index (χ0v) is 22.8. The Hall–Kier alpha value is -3.65. The third-order valence-corrected chi connectivity index (χ3v) is 6.67. The molecule has 1 saturated heterocycles. The number of aromatic nitrogens is 6. The molecule has 44 heavy (non-hydrogen) atoms.